The second-order valence-electron chi connectivity index (χ2n) is 3.02. The summed E-state index contributed by atoms with van der Waals surface area (Å²) in [5.41, 5.74) is 2.06. The SMILES string of the molecule is C=C(OCC)c1cnn(C)c1CNC. The maximum atomic E-state index is 5.35. The summed E-state index contributed by atoms with van der Waals surface area (Å²) in [4.78, 5) is 0. The van der Waals surface area contributed by atoms with Crippen LogP contribution < -0.4 is 5.32 Å². The molecular formula is C10H17N3O. The minimum Gasteiger partial charge on any atom is -0.494 e. The molecule has 0 atom stereocenters. The molecule has 0 spiro atoms. The molecule has 78 valence electrons. The highest BCUT2D eigenvalue weighted by Gasteiger charge is 2.10. The number of nitrogens with zero attached hydrogens (tertiary/aromatic N) is 2. The second-order valence-corrected chi connectivity index (χ2v) is 3.02. The van der Waals surface area contributed by atoms with Crippen molar-refractivity contribution in [1.29, 1.82) is 0 Å². The summed E-state index contributed by atoms with van der Waals surface area (Å²) in [5, 5.41) is 7.27. The van der Waals surface area contributed by atoms with Crippen LogP contribution in [-0.4, -0.2) is 23.4 Å². The van der Waals surface area contributed by atoms with E-state index in [0.29, 0.717) is 12.4 Å². The Bertz CT molecular complexity index is 317. The molecule has 0 amide bonds. The lowest BCUT2D eigenvalue weighted by Gasteiger charge is -2.08. The van der Waals surface area contributed by atoms with E-state index in [1.165, 1.54) is 0 Å². The summed E-state index contributed by atoms with van der Waals surface area (Å²) in [7, 11) is 3.82. The fourth-order valence-electron chi connectivity index (χ4n) is 1.32. The quantitative estimate of drug-likeness (QED) is 0.716. The molecule has 0 unspecified atom stereocenters. The fourth-order valence-corrected chi connectivity index (χ4v) is 1.32. The van der Waals surface area contributed by atoms with Crippen LogP contribution in [0.3, 0.4) is 0 Å². The van der Waals surface area contributed by atoms with Gasteiger partial charge in [0, 0.05) is 13.6 Å². The van der Waals surface area contributed by atoms with Crippen molar-refractivity contribution < 1.29 is 4.74 Å². The van der Waals surface area contributed by atoms with Crippen LogP contribution in [0.25, 0.3) is 5.76 Å². The third-order valence-corrected chi connectivity index (χ3v) is 2.02. The highest BCUT2D eigenvalue weighted by atomic mass is 16.5. The minimum absolute atomic E-state index is 0.632. The van der Waals surface area contributed by atoms with E-state index in [1.54, 1.807) is 6.20 Å². The van der Waals surface area contributed by atoms with Crippen molar-refractivity contribution in [2.45, 2.75) is 13.5 Å². The molecule has 0 aromatic carbocycles. The molecule has 4 nitrogen and oxygen atoms in total. The Morgan fingerprint density at radius 2 is 2.43 bits per heavy atom. The van der Waals surface area contributed by atoms with Gasteiger partial charge < -0.3 is 10.1 Å². The van der Waals surface area contributed by atoms with Gasteiger partial charge >= 0.3 is 0 Å². The fraction of sp³-hybridized carbons (Fsp3) is 0.500. The van der Waals surface area contributed by atoms with Crippen LogP contribution >= 0.6 is 0 Å². The van der Waals surface area contributed by atoms with Crippen molar-refractivity contribution in [2.24, 2.45) is 7.05 Å². The third-order valence-electron chi connectivity index (χ3n) is 2.02. The van der Waals surface area contributed by atoms with Gasteiger partial charge in [-0.1, -0.05) is 6.58 Å². The van der Waals surface area contributed by atoms with Crippen molar-refractivity contribution in [2.75, 3.05) is 13.7 Å². The van der Waals surface area contributed by atoms with E-state index in [-0.39, 0.29) is 0 Å². The number of aromatic nitrogens is 2. The molecule has 0 aliphatic heterocycles. The molecule has 1 heterocycles. The van der Waals surface area contributed by atoms with E-state index in [4.69, 9.17) is 4.74 Å². The average Bonchev–Trinajstić information content (AvgIpc) is 2.50. The zero-order valence-corrected chi connectivity index (χ0v) is 9.00. The topological polar surface area (TPSA) is 39.1 Å². The summed E-state index contributed by atoms with van der Waals surface area (Å²) >= 11 is 0. The van der Waals surface area contributed by atoms with Crippen LogP contribution in [0.4, 0.5) is 0 Å². The van der Waals surface area contributed by atoms with Crippen molar-refractivity contribution >= 4 is 5.76 Å². The molecule has 0 radical (unpaired) electrons. The number of hydrogen-bond donors (Lipinski definition) is 1. The van der Waals surface area contributed by atoms with Gasteiger partial charge in [0.2, 0.25) is 0 Å². The molecule has 14 heavy (non-hydrogen) atoms. The van der Waals surface area contributed by atoms with Crippen LogP contribution in [0.15, 0.2) is 12.8 Å². The van der Waals surface area contributed by atoms with Gasteiger partial charge in [0.05, 0.1) is 24.1 Å². The smallest absolute Gasteiger partial charge is 0.122 e. The van der Waals surface area contributed by atoms with Gasteiger partial charge in [-0.2, -0.15) is 5.10 Å². The minimum atomic E-state index is 0.632. The molecule has 1 rings (SSSR count). The molecule has 1 N–H and O–H groups in total. The monoisotopic (exact) mass is 195 g/mol. The first-order chi connectivity index (χ1) is 6.70. The van der Waals surface area contributed by atoms with Gasteiger partial charge in [-0.3, -0.25) is 4.68 Å². The Kier molecular flexibility index (Phi) is 3.71. The summed E-state index contributed by atoms with van der Waals surface area (Å²) in [6, 6.07) is 0. The maximum Gasteiger partial charge on any atom is 0.122 e. The molecule has 0 aliphatic carbocycles. The predicted molar refractivity (Wildman–Crippen MR) is 56.6 cm³/mol. The number of ether oxygens (including phenoxy) is 1. The van der Waals surface area contributed by atoms with Crippen molar-refractivity contribution in [3.8, 4) is 0 Å². The molecule has 0 saturated heterocycles. The Morgan fingerprint density at radius 3 is 3.00 bits per heavy atom. The summed E-state index contributed by atoms with van der Waals surface area (Å²) in [6.45, 7) is 7.20. The molecule has 4 heteroatoms. The van der Waals surface area contributed by atoms with Gasteiger partial charge in [0.15, 0.2) is 0 Å². The third kappa shape index (κ3) is 2.14. The lowest BCUT2D eigenvalue weighted by Crippen LogP contribution is -2.11. The van der Waals surface area contributed by atoms with Gasteiger partial charge in [-0.25, -0.2) is 0 Å². The van der Waals surface area contributed by atoms with Crippen LogP contribution in [-0.2, 0) is 18.3 Å². The van der Waals surface area contributed by atoms with Crippen LogP contribution in [0.1, 0.15) is 18.2 Å². The molecule has 0 aliphatic rings. The molecule has 0 fully saturated rings. The van der Waals surface area contributed by atoms with Gasteiger partial charge in [0.25, 0.3) is 0 Å². The van der Waals surface area contributed by atoms with Gasteiger partial charge in [0.1, 0.15) is 5.76 Å². The van der Waals surface area contributed by atoms with Crippen molar-refractivity contribution in [3.05, 3.63) is 24.0 Å². The molecule has 1 aromatic rings. The largest absolute Gasteiger partial charge is 0.494 e. The zero-order valence-electron chi connectivity index (χ0n) is 9.00. The van der Waals surface area contributed by atoms with Crippen molar-refractivity contribution in [3.63, 3.8) is 0 Å². The lowest BCUT2D eigenvalue weighted by atomic mass is 10.2. The van der Waals surface area contributed by atoms with Gasteiger partial charge in [-0.05, 0) is 14.0 Å². The summed E-state index contributed by atoms with van der Waals surface area (Å²) < 4.78 is 7.18. The number of rotatable bonds is 5. The Labute approximate surface area is 84.6 Å². The van der Waals surface area contributed by atoms with E-state index in [9.17, 15) is 0 Å². The highest BCUT2D eigenvalue weighted by Crippen LogP contribution is 2.17. The first kappa shape index (κ1) is 10.8. The molecule has 0 bridgehead atoms. The van der Waals surface area contributed by atoms with Crippen LogP contribution in [0.5, 0.6) is 0 Å². The van der Waals surface area contributed by atoms with Crippen LogP contribution in [0, 0.1) is 0 Å². The van der Waals surface area contributed by atoms with E-state index < -0.39 is 0 Å². The second kappa shape index (κ2) is 4.81. The Hall–Kier alpha value is -1.29. The lowest BCUT2D eigenvalue weighted by molar-refractivity contribution is 0.298. The number of nitrogens with one attached hydrogen (secondary N) is 1. The van der Waals surface area contributed by atoms with E-state index >= 15 is 0 Å². The first-order valence-electron chi connectivity index (χ1n) is 4.68. The summed E-state index contributed by atoms with van der Waals surface area (Å²) in [5.74, 6) is 0.686. The van der Waals surface area contributed by atoms with E-state index in [1.807, 2.05) is 25.7 Å². The van der Waals surface area contributed by atoms with Crippen LogP contribution in [0.2, 0.25) is 0 Å². The molecule has 0 saturated carbocycles. The standard InChI is InChI=1S/C10H17N3O/c1-5-14-8(2)9-6-12-13(4)10(9)7-11-3/h6,11H,2,5,7H2,1,3-4H3. The number of hydrogen-bond acceptors (Lipinski definition) is 3. The Balaban J connectivity index is 2.90. The molecule has 1 aromatic heterocycles. The van der Waals surface area contributed by atoms with E-state index in [2.05, 4.69) is 17.0 Å². The average molecular weight is 195 g/mol. The maximum absolute atomic E-state index is 5.35. The van der Waals surface area contributed by atoms with Crippen molar-refractivity contribution in [1.82, 2.24) is 15.1 Å². The van der Waals surface area contributed by atoms with Gasteiger partial charge in [-0.15, -0.1) is 0 Å². The summed E-state index contributed by atoms with van der Waals surface area (Å²) in [6.07, 6.45) is 1.78. The number of aryl methyl sites for hydroxylation is 1. The molecular weight excluding hydrogens is 178 g/mol. The van der Waals surface area contributed by atoms with E-state index in [0.717, 1.165) is 17.8 Å². The Morgan fingerprint density at radius 1 is 1.71 bits per heavy atom. The highest BCUT2D eigenvalue weighted by molar-refractivity contribution is 5.58. The zero-order chi connectivity index (χ0) is 10.6. The predicted octanol–water partition coefficient (Wildman–Crippen LogP) is 1.15. The normalized spacial score (nSPS) is 10.2. The first-order valence-corrected chi connectivity index (χ1v) is 4.68.